The lowest BCUT2D eigenvalue weighted by molar-refractivity contribution is -0.138. The van der Waals surface area contributed by atoms with Crippen molar-refractivity contribution >= 4 is 17.5 Å². The Morgan fingerprint density at radius 1 is 0.893 bits per heavy atom. The van der Waals surface area contributed by atoms with Gasteiger partial charge in [0, 0.05) is 12.2 Å². The molecule has 8 heteroatoms. The Labute approximate surface area is 159 Å². The third-order valence-electron chi connectivity index (χ3n) is 4.22. The van der Waals surface area contributed by atoms with Crippen molar-refractivity contribution in [2.45, 2.75) is 26.4 Å². The van der Waals surface area contributed by atoms with Gasteiger partial charge in [0.25, 0.3) is 0 Å². The molecule has 2 amide bonds. The number of hydrogen-bond donors (Lipinski definition) is 2. The Balaban J connectivity index is 1.91. The number of carbonyl (C=O) groups is 2. The first-order chi connectivity index (χ1) is 13.0. The molecule has 4 nitrogen and oxygen atoms in total. The summed E-state index contributed by atoms with van der Waals surface area (Å²) in [6, 6.07) is 9.80. The molecule has 0 heterocycles. The molecule has 0 unspecified atom stereocenters. The second-order valence-corrected chi connectivity index (χ2v) is 6.79. The first kappa shape index (κ1) is 21.4. The van der Waals surface area contributed by atoms with Gasteiger partial charge in [-0.05, 0) is 62.2 Å². The van der Waals surface area contributed by atoms with Crippen LogP contribution in [-0.2, 0) is 22.2 Å². The normalized spacial score (nSPS) is 11.8. The van der Waals surface area contributed by atoms with Crippen molar-refractivity contribution < 1.29 is 27.2 Å². The standard InChI is InChI=1S/C20H20F4N2O2/c1-19(2,17(27)25-12-11-13-3-7-15(21)8-4-13)18(28)26-16-9-5-14(6-10-16)20(22,23)24/h3-10H,11-12H2,1-2H3,(H,25,27)(H,26,28). The van der Waals surface area contributed by atoms with Crippen LogP contribution in [-0.4, -0.2) is 18.4 Å². The zero-order chi connectivity index (χ0) is 20.9. The van der Waals surface area contributed by atoms with E-state index in [1.807, 2.05) is 0 Å². The summed E-state index contributed by atoms with van der Waals surface area (Å²) in [5, 5.41) is 5.09. The molecule has 0 radical (unpaired) electrons. The second-order valence-electron chi connectivity index (χ2n) is 6.79. The first-order valence-corrected chi connectivity index (χ1v) is 8.51. The highest BCUT2D eigenvalue weighted by atomic mass is 19.4. The van der Waals surface area contributed by atoms with Crippen molar-refractivity contribution in [3.63, 3.8) is 0 Å². The highest BCUT2D eigenvalue weighted by Gasteiger charge is 2.36. The summed E-state index contributed by atoms with van der Waals surface area (Å²) < 4.78 is 50.6. The van der Waals surface area contributed by atoms with Crippen LogP contribution < -0.4 is 10.6 Å². The Bertz CT molecular complexity index is 829. The molecule has 0 fully saturated rings. The van der Waals surface area contributed by atoms with Crippen molar-refractivity contribution in [3.05, 3.63) is 65.5 Å². The van der Waals surface area contributed by atoms with Gasteiger partial charge >= 0.3 is 6.18 Å². The number of rotatable bonds is 6. The molecule has 0 saturated heterocycles. The summed E-state index contributed by atoms with van der Waals surface area (Å²) >= 11 is 0. The number of carbonyl (C=O) groups excluding carboxylic acids is 2. The maximum Gasteiger partial charge on any atom is 0.416 e. The number of nitrogens with one attached hydrogen (secondary N) is 2. The zero-order valence-electron chi connectivity index (χ0n) is 15.4. The zero-order valence-corrected chi connectivity index (χ0v) is 15.4. The van der Waals surface area contributed by atoms with Crippen molar-refractivity contribution in [2.24, 2.45) is 5.41 Å². The maximum absolute atomic E-state index is 12.9. The fraction of sp³-hybridized carbons (Fsp3) is 0.300. The van der Waals surface area contributed by atoms with E-state index in [2.05, 4.69) is 10.6 Å². The molecule has 2 N–H and O–H groups in total. The average Bonchev–Trinajstić information content (AvgIpc) is 2.63. The van der Waals surface area contributed by atoms with Crippen LogP contribution >= 0.6 is 0 Å². The quantitative estimate of drug-likeness (QED) is 0.569. The van der Waals surface area contributed by atoms with Gasteiger partial charge in [-0.3, -0.25) is 9.59 Å². The molecular formula is C20H20F4N2O2. The number of halogens is 4. The average molecular weight is 396 g/mol. The molecule has 2 aromatic carbocycles. The summed E-state index contributed by atoms with van der Waals surface area (Å²) in [5.41, 5.74) is -1.28. The molecule has 0 bridgehead atoms. The molecule has 0 aliphatic heterocycles. The van der Waals surface area contributed by atoms with Crippen LogP contribution in [0.25, 0.3) is 0 Å². The monoisotopic (exact) mass is 396 g/mol. The Hall–Kier alpha value is -2.90. The third kappa shape index (κ3) is 5.55. The second kappa shape index (κ2) is 8.41. The van der Waals surface area contributed by atoms with Gasteiger partial charge in [0.2, 0.25) is 11.8 Å². The predicted molar refractivity (Wildman–Crippen MR) is 97.0 cm³/mol. The molecule has 0 aliphatic carbocycles. The van der Waals surface area contributed by atoms with Crippen molar-refractivity contribution in [2.75, 3.05) is 11.9 Å². The van der Waals surface area contributed by atoms with E-state index in [4.69, 9.17) is 0 Å². The lowest BCUT2D eigenvalue weighted by Gasteiger charge is -2.23. The Kier molecular flexibility index (Phi) is 6.43. The number of anilines is 1. The summed E-state index contributed by atoms with van der Waals surface area (Å²) in [5.74, 6) is -1.53. The van der Waals surface area contributed by atoms with E-state index >= 15 is 0 Å². The van der Waals surface area contributed by atoms with E-state index < -0.39 is 29.0 Å². The number of benzene rings is 2. The minimum atomic E-state index is -4.47. The smallest absolute Gasteiger partial charge is 0.355 e. The van der Waals surface area contributed by atoms with Gasteiger partial charge in [-0.25, -0.2) is 4.39 Å². The number of alkyl halides is 3. The lowest BCUT2D eigenvalue weighted by atomic mass is 9.90. The summed E-state index contributed by atoms with van der Waals surface area (Å²) in [6.07, 6.45) is -4.01. The van der Waals surface area contributed by atoms with E-state index in [9.17, 15) is 27.2 Å². The van der Waals surface area contributed by atoms with Crippen LogP contribution in [0.2, 0.25) is 0 Å². The first-order valence-electron chi connectivity index (χ1n) is 8.51. The fourth-order valence-electron chi connectivity index (χ4n) is 2.33. The van der Waals surface area contributed by atoms with Crippen LogP contribution in [0.1, 0.15) is 25.0 Å². The highest BCUT2D eigenvalue weighted by molar-refractivity contribution is 6.09. The van der Waals surface area contributed by atoms with Crippen molar-refractivity contribution in [1.82, 2.24) is 5.32 Å². The highest BCUT2D eigenvalue weighted by Crippen LogP contribution is 2.30. The van der Waals surface area contributed by atoms with Gasteiger partial charge in [-0.2, -0.15) is 13.2 Å². The summed E-state index contributed by atoms with van der Waals surface area (Å²) in [7, 11) is 0. The Morgan fingerprint density at radius 3 is 2.00 bits per heavy atom. The van der Waals surface area contributed by atoms with Gasteiger partial charge in [0.15, 0.2) is 0 Å². The van der Waals surface area contributed by atoms with Crippen molar-refractivity contribution in [1.29, 1.82) is 0 Å². The molecule has 150 valence electrons. The topological polar surface area (TPSA) is 58.2 Å². The maximum atomic E-state index is 12.9. The van der Waals surface area contributed by atoms with Crippen molar-refractivity contribution in [3.8, 4) is 0 Å². The molecule has 28 heavy (non-hydrogen) atoms. The van der Waals surface area contributed by atoms with Crippen LogP contribution in [0.5, 0.6) is 0 Å². The Morgan fingerprint density at radius 2 is 1.46 bits per heavy atom. The third-order valence-corrected chi connectivity index (χ3v) is 4.22. The van der Waals surface area contributed by atoms with Crippen LogP contribution in [0.4, 0.5) is 23.2 Å². The molecule has 0 aromatic heterocycles. The molecule has 0 saturated carbocycles. The lowest BCUT2D eigenvalue weighted by Crippen LogP contribution is -2.45. The number of hydrogen-bond acceptors (Lipinski definition) is 2. The molecule has 2 rings (SSSR count). The van der Waals surface area contributed by atoms with Crippen LogP contribution in [0, 0.1) is 11.2 Å². The van der Waals surface area contributed by atoms with E-state index in [-0.39, 0.29) is 18.0 Å². The summed E-state index contributed by atoms with van der Waals surface area (Å²) in [4.78, 5) is 24.7. The van der Waals surface area contributed by atoms with Gasteiger partial charge in [0.05, 0.1) is 5.56 Å². The fourth-order valence-corrected chi connectivity index (χ4v) is 2.33. The van der Waals surface area contributed by atoms with Gasteiger partial charge < -0.3 is 10.6 Å². The molecular weight excluding hydrogens is 376 g/mol. The van der Waals surface area contributed by atoms with E-state index in [0.29, 0.717) is 6.42 Å². The van der Waals surface area contributed by atoms with E-state index in [1.165, 1.54) is 26.0 Å². The summed E-state index contributed by atoms with van der Waals surface area (Å²) in [6.45, 7) is 3.08. The number of amides is 2. The van der Waals surface area contributed by atoms with E-state index in [1.54, 1.807) is 12.1 Å². The van der Waals surface area contributed by atoms with E-state index in [0.717, 1.165) is 29.8 Å². The molecule has 0 spiro atoms. The minimum Gasteiger partial charge on any atom is -0.355 e. The SMILES string of the molecule is CC(C)(C(=O)NCCc1ccc(F)cc1)C(=O)Nc1ccc(C(F)(F)F)cc1. The van der Waals surface area contributed by atoms with Gasteiger partial charge in [0.1, 0.15) is 11.2 Å². The van der Waals surface area contributed by atoms with Gasteiger partial charge in [-0.15, -0.1) is 0 Å². The van der Waals surface area contributed by atoms with Gasteiger partial charge in [-0.1, -0.05) is 12.1 Å². The molecule has 0 aliphatic rings. The van der Waals surface area contributed by atoms with Crippen LogP contribution in [0.15, 0.2) is 48.5 Å². The molecule has 0 atom stereocenters. The minimum absolute atomic E-state index is 0.158. The largest absolute Gasteiger partial charge is 0.416 e. The molecule has 2 aromatic rings. The van der Waals surface area contributed by atoms with Crippen LogP contribution in [0.3, 0.4) is 0 Å². The predicted octanol–water partition coefficient (Wildman–Crippen LogP) is 4.17.